The van der Waals surface area contributed by atoms with E-state index in [0.29, 0.717) is 19.0 Å². The first-order valence-electron chi connectivity index (χ1n) is 7.42. The molecule has 0 radical (unpaired) electrons. The van der Waals surface area contributed by atoms with Crippen LogP contribution < -0.4 is 10.6 Å². The van der Waals surface area contributed by atoms with Gasteiger partial charge in [-0.25, -0.2) is 0 Å². The zero-order valence-electron chi connectivity index (χ0n) is 12.4. The lowest BCUT2D eigenvalue weighted by Gasteiger charge is -2.33. The largest absolute Gasteiger partial charge is 0.375 e. The summed E-state index contributed by atoms with van der Waals surface area (Å²) in [6.45, 7) is 4.56. The second kappa shape index (κ2) is 7.04. The molecule has 2 rings (SSSR count). The Hall–Kier alpha value is -1.14. The quantitative estimate of drug-likeness (QED) is 0.746. The number of ether oxygens (including phenoxy) is 1. The average Bonchev–Trinajstić information content (AvgIpc) is 2.86. The number of rotatable bonds is 4. The Balaban J connectivity index is 1.74. The van der Waals surface area contributed by atoms with E-state index >= 15 is 0 Å². The molecule has 2 saturated heterocycles. The van der Waals surface area contributed by atoms with Crippen LogP contribution in [0.1, 0.15) is 26.2 Å². The summed E-state index contributed by atoms with van der Waals surface area (Å²) < 4.78 is 4.86. The zero-order valence-corrected chi connectivity index (χ0v) is 12.4. The lowest BCUT2D eigenvalue weighted by Crippen LogP contribution is -2.51. The highest BCUT2D eigenvalue weighted by Crippen LogP contribution is 2.16. The van der Waals surface area contributed by atoms with E-state index in [2.05, 4.69) is 17.6 Å². The van der Waals surface area contributed by atoms with Gasteiger partial charge in [-0.1, -0.05) is 6.92 Å². The van der Waals surface area contributed by atoms with E-state index in [1.165, 1.54) is 7.11 Å². The number of nitrogens with one attached hydrogen (secondary N) is 2. The van der Waals surface area contributed by atoms with Crippen LogP contribution in [0.15, 0.2) is 0 Å². The van der Waals surface area contributed by atoms with Crippen LogP contribution in [-0.2, 0) is 14.3 Å². The molecule has 114 valence electrons. The van der Waals surface area contributed by atoms with E-state index in [1.807, 2.05) is 4.90 Å². The number of carbonyl (C=O) groups is 2. The van der Waals surface area contributed by atoms with Gasteiger partial charge in [-0.2, -0.15) is 0 Å². The molecule has 20 heavy (non-hydrogen) atoms. The van der Waals surface area contributed by atoms with Crippen molar-refractivity contribution in [1.82, 2.24) is 15.5 Å². The molecule has 2 heterocycles. The van der Waals surface area contributed by atoms with Crippen molar-refractivity contribution in [3.63, 3.8) is 0 Å². The maximum Gasteiger partial charge on any atom is 0.248 e. The fourth-order valence-corrected chi connectivity index (χ4v) is 2.96. The fourth-order valence-electron chi connectivity index (χ4n) is 2.96. The molecule has 2 aliphatic rings. The van der Waals surface area contributed by atoms with Crippen molar-refractivity contribution in [1.29, 1.82) is 0 Å². The molecule has 0 bridgehead atoms. The summed E-state index contributed by atoms with van der Waals surface area (Å²) in [6.07, 6.45) is 2.70. The minimum absolute atomic E-state index is 0.0309. The van der Waals surface area contributed by atoms with Crippen LogP contribution in [0.5, 0.6) is 0 Å². The number of hydrogen-bond donors (Lipinski definition) is 2. The van der Waals surface area contributed by atoms with Crippen molar-refractivity contribution in [2.24, 2.45) is 5.92 Å². The summed E-state index contributed by atoms with van der Waals surface area (Å²) in [5.41, 5.74) is 0. The molecule has 6 nitrogen and oxygen atoms in total. The number of amides is 2. The predicted octanol–water partition coefficient (Wildman–Crippen LogP) is -0.262. The number of carbonyl (C=O) groups excluding carboxylic acids is 2. The maximum absolute atomic E-state index is 12.2. The molecular formula is C14H25N3O3. The molecule has 2 aliphatic heterocycles. The highest BCUT2D eigenvalue weighted by molar-refractivity contribution is 5.82. The molecule has 0 aromatic rings. The van der Waals surface area contributed by atoms with Crippen molar-refractivity contribution in [3.8, 4) is 0 Å². The Kier molecular flexibility index (Phi) is 5.37. The van der Waals surface area contributed by atoms with Gasteiger partial charge in [0.2, 0.25) is 11.8 Å². The molecule has 2 N–H and O–H groups in total. The molecular weight excluding hydrogens is 258 g/mol. The SMILES string of the molecule is COCC(=O)N1CCC(NC(=O)C2NCCC2C)CC1. The van der Waals surface area contributed by atoms with E-state index in [4.69, 9.17) is 4.74 Å². The molecule has 2 amide bonds. The van der Waals surface area contributed by atoms with Crippen LogP contribution in [0.3, 0.4) is 0 Å². The molecule has 0 spiro atoms. The van der Waals surface area contributed by atoms with E-state index in [9.17, 15) is 9.59 Å². The Morgan fingerprint density at radius 2 is 2.00 bits per heavy atom. The number of piperidine rings is 1. The van der Waals surface area contributed by atoms with Crippen molar-refractivity contribution in [2.45, 2.75) is 38.3 Å². The van der Waals surface area contributed by atoms with Gasteiger partial charge in [-0.05, 0) is 31.7 Å². The lowest BCUT2D eigenvalue weighted by molar-refractivity contribution is -0.136. The van der Waals surface area contributed by atoms with Gasteiger partial charge in [0.05, 0.1) is 6.04 Å². The van der Waals surface area contributed by atoms with Crippen LogP contribution in [0, 0.1) is 5.92 Å². The van der Waals surface area contributed by atoms with E-state index in [-0.39, 0.29) is 30.5 Å². The van der Waals surface area contributed by atoms with Crippen LogP contribution in [-0.4, -0.2) is 62.1 Å². The van der Waals surface area contributed by atoms with Crippen molar-refractivity contribution in [2.75, 3.05) is 33.4 Å². The van der Waals surface area contributed by atoms with Crippen molar-refractivity contribution >= 4 is 11.8 Å². The van der Waals surface area contributed by atoms with Crippen LogP contribution in [0.4, 0.5) is 0 Å². The summed E-state index contributed by atoms with van der Waals surface area (Å²) in [6, 6.07) is 0.131. The van der Waals surface area contributed by atoms with Gasteiger partial charge in [0.1, 0.15) is 6.61 Å². The van der Waals surface area contributed by atoms with Crippen LogP contribution in [0.25, 0.3) is 0 Å². The third-order valence-electron chi connectivity index (χ3n) is 4.28. The number of nitrogens with zero attached hydrogens (tertiary/aromatic N) is 1. The van der Waals surface area contributed by atoms with E-state index in [1.54, 1.807) is 0 Å². The van der Waals surface area contributed by atoms with Gasteiger partial charge in [-0.3, -0.25) is 9.59 Å². The van der Waals surface area contributed by atoms with E-state index in [0.717, 1.165) is 25.8 Å². The summed E-state index contributed by atoms with van der Waals surface area (Å²) in [5.74, 6) is 0.540. The first kappa shape index (κ1) is 15.3. The first-order valence-corrected chi connectivity index (χ1v) is 7.42. The Morgan fingerprint density at radius 1 is 1.30 bits per heavy atom. The van der Waals surface area contributed by atoms with Gasteiger partial charge in [-0.15, -0.1) is 0 Å². The Morgan fingerprint density at radius 3 is 2.55 bits per heavy atom. The van der Waals surface area contributed by atoms with E-state index < -0.39 is 0 Å². The number of methoxy groups -OCH3 is 1. The van der Waals surface area contributed by atoms with Gasteiger partial charge < -0.3 is 20.3 Å². The molecule has 0 aromatic carbocycles. The first-order chi connectivity index (χ1) is 9.61. The summed E-state index contributed by atoms with van der Waals surface area (Å²) in [4.78, 5) is 25.7. The predicted molar refractivity (Wildman–Crippen MR) is 75.2 cm³/mol. The second-order valence-electron chi connectivity index (χ2n) is 5.79. The Bertz CT molecular complexity index is 354. The van der Waals surface area contributed by atoms with Crippen LogP contribution >= 0.6 is 0 Å². The third kappa shape index (κ3) is 3.70. The monoisotopic (exact) mass is 283 g/mol. The lowest BCUT2D eigenvalue weighted by atomic mass is 10.0. The highest BCUT2D eigenvalue weighted by atomic mass is 16.5. The van der Waals surface area contributed by atoms with Gasteiger partial charge in [0, 0.05) is 26.2 Å². The summed E-state index contributed by atoms with van der Waals surface area (Å²) in [5, 5.41) is 6.36. The normalized spacial score (nSPS) is 27.6. The third-order valence-corrected chi connectivity index (χ3v) is 4.28. The minimum Gasteiger partial charge on any atom is -0.375 e. The molecule has 6 heteroatoms. The number of likely N-dealkylation sites (tertiary alicyclic amines) is 1. The average molecular weight is 283 g/mol. The molecule has 2 unspecified atom stereocenters. The van der Waals surface area contributed by atoms with Gasteiger partial charge >= 0.3 is 0 Å². The topological polar surface area (TPSA) is 70.7 Å². The van der Waals surface area contributed by atoms with Gasteiger partial charge in [0.25, 0.3) is 0 Å². The Labute approximate surface area is 120 Å². The molecule has 0 aliphatic carbocycles. The molecule has 2 atom stereocenters. The molecule has 0 aromatic heterocycles. The summed E-state index contributed by atoms with van der Waals surface area (Å²) in [7, 11) is 1.53. The number of hydrogen-bond acceptors (Lipinski definition) is 4. The smallest absolute Gasteiger partial charge is 0.248 e. The molecule has 2 fully saturated rings. The van der Waals surface area contributed by atoms with Crippen LogP contribution in [0.2, 0.25) is 0 Å². The van der Waals surface area contributed by atoms with Crippen molar-refractivity contribution in [3.05, 3.63) is 0 Å². The maximum atomic E-state index is 12.2. The second-order valence-corrected chi connectivity index (χ2v) is 5.79. The zero-order chi connectivity index (χ0) is 14.5. The van der Waals surface area contributed by atoms with Gasteiger partial charge in [0.15, 0.2) is 0 Å². The summed E-state index contributed by atoms with van der Waals surface area (Å²) >= 11 is 0. The minimum atomic E-state index is -0.0526. The molecule has 0 saturated carbocycles. The fraction of sp³-hybridized carbons (Fsp3) is 0.857. The standard InChI is InChI=1S/C14H25N3O3/c1-10-3-6-15-13(10)14(19)16-11-4-7-17(8-5-11)12(18)9-20-2/h10-11,13,15H,3-9H2,1-2H3,(H,16,19). The highest BCUT2D eigenvalue weighted by Gasteiger charge is 2.31. The van der Waals surface area contributed by atoms with Crippen molar-refractivity contribution < 1.29 is 14.3 Å².